The third kappa shape index (κ3) is 6.55. The number of nitriles is 1. The molecule has 1 aliphatic rings. The minimum atomic E-state index is -0.309. The number of aryl methyl sites for hydroxylation is 1. The van der Waals surface area contributed by atoms with E-state index in [1.165, 1.54) is 49.8 Å². The van der Waals surface area contributed by atoms with E-state index in [9.17, 15) is 9.65 Å². The normalized spacial score (nSPS) is 14.3. The molecule has 36 heavy (non-hydrogen) atoms. The van der Waals surface area contributed by atoms with Gasteiger partial charge in [0.05, 0.1) is 18.2 Å². The Balaban J connectivity index is 1.37. The molecular formula is C32H35FN2O. The third-order valence-electron chi connectivity index (χ3n) is 7.16. The van der Waals surface area contributed by atoms with Gasteiger partial charge < -0.3 is 9.64 Å². The van der Waals surface area contributed by atoms with E-state index in [0.29, 0.717) is 23.7 Å². The number of halogens is 1. The van der Waals surface area contributed by atoms with Crippen molar-refractivity contribution in [2.24, 2.45) is 0 Å². The molecule has 0 aliphatic heterocycles. The van der Waals surface area contributed by atoms with Crippen molar-refractivity contribution >= 4 is 17.3 Å². The van der Waals surface area contributed by atoms with Gasteiger partial charge in [-0.15, -0.1) is 0 Å². The third-order valence-corrected chi connectivity index (χ3v) is 7.16. The molecule has 0 atom stereocenters. The molecule has 0 aromatic heterocycles. The number of hydrogen-bond donors (Lipinski definition) is 0. The lowest BCUT2D eigenvalue weighted by Crippen LogP contribution is -2.28. The topological polar surface area (TPSA) is 36.3 Å². The summed E-state index contributed by atoms with van der Waals surface area (Å²) in [5.41, 5.74) is 5.86. The first-order valence-electron chi connectivity index (χ1n) is 13.0. The highest BCUT2D eigenvalue weighted by atomic mass is 19.1. The van der Waals surface area contributed by atoms with Gasteiger partial charge in [-0.05, 0) is 97.3 Å². The lowest BCUT2D eigenvalue weighted by molar-refractivity contribution is 0.324. The predicted molar refractivity (Wildman–Crippen MR) is 147 cm³/mol. The van der Waals surface area contributed by atoms with Crippen molar-refractivity contribution in [2.45, 2.75) is 51.9 Å². The van der Waals surface area contributed by atoms with Gasteiger partial charge in [0.1, 0.15) is 18.2 Å². The largest absolute Gasteiger partial charge is 0.492 e. The average Bonchev–Trinajstić information content (AvgIpc) is 2.92. The Labute approximate surface area is 214 Å². The van der Waals surface area contributed by atoms with E-state index in [1.807, 2.05) is 19.1 Å². The Bertz CT molecular complexity index is 1200. The summed E-state index contributed by atoms with van der Waals surface area (Å²) < 4.78 is 19.3. The van der Waals surface area contributed by atoms with Crippen molar-refractivity contribution in [3.8, 4) is 11.8 Å². The predicted octanol–water partition coefficient (Wildman–Crippen LogP) is 8.15. The van der Waals surface area contributed by atoms with Crippen LogP contribution in [0.5, 0.6) is 5.75 Å². The van der Waals surface area contributed by atoms with Gasteiger partial charge in [0.2, 0.25) is 0 Å². The van der Waals surface area contributed by atoms with Gasteiger partial charge in [0.25, 0.3) is 0 Å². The van der Waals surface area contributed by atoms with Crippen molar-refractivity contribution < 1.29 is 9.13 Å². The van der Waals surface area contributed by atoms with E-state index in [1.54, 1.807) is 12.1 Å². The molecule has 1 fully saturated rings. The molecule has 0 saturated heterocycles. The monoisotopic (exact) mass is 482 g/mol. The van der Waals surface area contributed by atoms with Gasteiger partial charge >= 0.3 is 0 Å². The number of likely N-dealkylation sites (N-methyl/N-ethyl adjacent to an activating group) is 1. The molecule has 186 valence electrons. The fourth-order valence-corrected chi connectivity index (χ4v) is 5.00. The number of benzene rings is 3. The van der Waals surface area contributed by atoms with Gasteiger partial charge in [0, 0.05) is 12.2 Å². The standard InChI is InChI=1S/C32H35FN2O/c1-3-35(19-20-36-32-17-12-26(13-18-32)25-7-5-4-6-8-25)31-16-11-28(24(2)21-31)22-29(23-34)27-9-14-30(33)15-10-27/h9-18,21-22,25H,3-8,19-20H2,1-2H3/b29-22+. The molecule has 4 heteroatoms. The molecule has 3 aromatic rings. The lowest BCUT2D eigenvalue weighted by Gasteiger charge is -2.24. The second kappa shape index (κ2) is 12.4. The summed E-state index contributed by atoms with van der Waals surface area (Å²) in [5, 5.41) is 9.62. The van der Waals surface area contributed by atoms with E-state index >= 15 is 0 Å². The minimum Gasteiger partial charge on any atom is -0.492 e. The second-order valence-corrected chi connectivity index (χ2v) is 9.55. The van der Waals surface area contributed by atoms with Crippen molar-refractivity contribution in [3.05, 3.63) is 94.8 Å². The summed E-state index contributed by atoms with van der Waals surface area (Å²) in [7, 11) is 0. The summed E-state index contributed by atoms with van der Waals surface area (Å²) in [6.45, 7) is 6.46. The second-order valence-electron chi connectivity index (χ2n) is 9.55. The van der Waals surface area contributed by atoms with Crippen LogP contribution in [0.4, 0.5) is 10.1 Å². The van der Waals surface area contributed by atoms with Crippen molar-refractivity contribution in [1.29, 1.82) is 5.26 Å². The fourth-order valence-electron chi connectivity index (χ4n) is 5.00. The number of ether oxygens (including phenoxy) is 1. The molecule has 3 nitrogen and oxygen atoms in total. The zero-order valence-corrected chi connectivity index (χ0v) is 21.3. The first-order valence-corrected chi connectivity index (χ1v) is 13.0. The maximum atomic E-state index is 13.3. The Hall–Kier alpha value is -3.58. The molecule has 0 unspecified atom stereocenters. The maximum absolute atomic E-state index is 13.3. The van der Waals surface area contributed by atoms with E-state index in [-0.39, 0.29) is 5.82 Å². The molecule has 1 saturated carbocycles. The zero-order chi connectivity index (χ0) is 25.3. The number of hydrogen-bond acceptors (Lipinski definition) is 3. The SMILES string of the molecule is CCN(CCOc1ccc(C2CCCCC2)cc1)c1ccc(/C=C(\C#N)c2ccc(F)cc2)c(C)c1. The van der Waals surface area contributed by atoms with Crippen LogP contribution >= 0.6 is 0 Å². The highest BCUT2D eigenvalue weighted by molar-refractivity contribution is 5.90. The first kappa shape index (κ1) is 25.5. The molecule has 0 bridgehead atoms. The summed E-state index contributed by atoms with van der Waals surface area (Å²) >= 11 is 0. The van der Waals surface area contributed by atoms with Crippen LogP contribution in [-0.4, -0.2) is 19.7 Å². The van der Waals surface area contributed by atoms with E-state index < -0.39 is 0 Å². The number of nitrogens with zero attached hydrogens (tertiary/aromatic N) is 2. The molecule has 0 spiro atoms. The Morgan fingerprint density at radius 2 is 1.75 bits per heavy atom. The van der Waals surface area contributed by atoms with E-state index in [0.717, 1.165) is 35.7 Å². The number of anilines is 1. The van der Waals surface area contributed by atoms with E-state index in [4.69, 9.17) is 4.74 Å². The van der Waals surface area contributed by atoms with Gasteiger partial charge in [-0.3, -0.25) is 0 Å². The van der Waals surface area contributed by atoms with Crippen LogP contribution in [0, 0.1) is 24.1 Å². The summed E-state index contributed by atoms with van der Waals surface area (Å²) in [5.74, 6) is 1.33. The number of rotatable bonds is 9. The molecule has 0 radical (unpaired) electrons. The molecule has 0 heterocycles. The van der Waals surface area contributed by atoms with Gasteiger partial charge in [-0.25, -0.2) is 4.39 Å². The minimum absolute atomic E-state index is 0.309. The maximum Gasteiger partial charge on any atom is 0.123 e. The zero-order valence-electron chi connectivity index (χ0n) is 21.3. The highest BCUT2D eigenvalue weighted by Gasteiger charge is 2.15. The molecular weight excluding hydrogens is 447 g/mol. The van der Waals surface area contributed by atoms with Crippen LogP contribution in [0.2, 0.25) is 0 Å². The molecule has 3 aromatic carbocycles. The van der Waals surface area contributed by atoms with Gasteiger partial charge in [-0.1, -0.05) is 49.6 Å². The van der Waals surface area contributed by atoms with Crippen molar-refractivity contribution in [1.82, 2.24) is 0 Å². The van der Waals surface area contributed by atoms with Crippen LogP contribution < -0.4 is 9.64 Å². The van der Waals surface area contributed by atoms with Crippen LogP contribution in [0.3, 0.4) is 0 Å². The Kier molecular flexibility index (Phi) is 8.79. The van der Waals surface area contributed by atoms with Crippen LogP contribution in [0.25, 0.3) is 11.6 Å². The molecule has 0 amide bonds. The highest BCUT2D eigenvalue weighted by Crippen LogP contribution is 2.33. The smallest absolute Gasteiger partial charge is 0.123 e. The average molecular weight is 483 g/mol. The fraction of sp³-hybridized carbons (Fsp3) is 0.344. The van der Waals surface area contributed by atoms with Crippen LogP contribution in [0.15, 0.2) is 66.7 Å². The summed E-state index contributed by atoms with van der Waals surface area (Å²) in [6, 6.07) is 23.2. The molecule has 0 N–H and O–H groups in total. The van der Waals surface area contributed by atoms with E-state index in [2.05, 4.69) is 54.3 Å². The van der Waals surface area contributed by atoms with Crippen LogP contribution in [-0.2, 0) is 0 Å². The van der Waals surface area contributed by atoms with Crippen LogP contribution in [0.1, 0.15) is 67.2 Å². The van der Waals surface area contributed by atoms with Gasteiger partial charge in [-0.2, -0.15) is 5.26 Å². The lowest BCUT2D eigenvalue weighted by atomic mass is 9.84. The quantitative estimate of drug-likeness (QED) is 0.228. The number of allylic oxidation sites excluding steroid dienone is 1. The van der Waals surface area contributed by atoms with Gasteiger partial charge in [0.15, 0.2) is 0 Å². The summed E-state index contributed by atoms with van der Waals surface area (Å²) in [6.07, 6.45) is 8.55. The Morgan fingerprint density at radius 1 is 1.03 bits per heavy atom. The van der Waals surface area contributed by atoms with Crippen molar-refractivity contribution in [2.75, 3.05) is 24.6 Å². The summed E-state index contributed by atoms with van der Waals surface area (Å²) in [4.78, 5) is 2.29. The first-order chi connectivity index (χ1) is 17.6. The molecule has 1 aliphatic carbocycles. The molecule has 4 rings (SSSR count). The Morgan fingerprint density at radius 3 is 2.39 bits per heavy atom. The van der Waals surface area contributed by atoms with Crippen molar-refractivity contribution in [3.63, 3.8) is 0 Å².